The van der Waals surface area contributed by atoms with Crippen molar-refractivity contribution >= 4 is 5.82 Å². The normalized spacial score (nSPS) is 17.6. The summed E-state index contributed by atoms with van der Waals surface area (Å²) in [7, 11) is 3.35. The van der Waals surface area contributed by atoms with Gasteiger partial charge >= 0.3 is 0 Å². The van der Waals surface area contributed by atoms with E-state index in [0.717, 1.165) is 55.4 Å². The van der Waals surface area contributed by atoms with Gasteiger partial charge in [0.1, 0.15) is 11.5 Å². The molecular formula is C18H24N4O2. The van der Waals surface area contributed by atoms with Gasteiger partial charge in [0.15, 0.2) is 5.82 Å². The van der Waals surface area contributed by atoms with Gasteiger partial charge in [-0.05, 0) is 31.0 Å². The summed E-state index contributed by atoms with van der Waals surface area (Å²) in [6.45, 7) is 2.74. The summed E-state index contributed by atoms with van der Waals surface area (Å²) in [5, 5.41) is 11.8. The van der Waals surface area contributed by atoms with Gasteiger partial charge in [0.05, 0.1) is 14.2 Å². The van der Waals surface area contributed by atoms with E-state index in [1.165, 1.54) is 0 Å². The van der Waals surface area contributed by atoms with Crippen molar-refractivity contribution in [2.24, 2.45) is 0 Å². The van der Waals surface area contributed by atoms with E-state index in [9.17, 15) is 0 Å². The minimum absolute atomic E-state index is 0.424. The number of ether oxygens (including phenoxy) is 2. The van der Waals surface area contributed by atoms with Gasteiger partial charge in [-0.3, -0.25) is 0 Å². The summed E-state index contributed by atoms with van der Waals surface area (Å²) in [6.07, 6.45) is 4.02. The lowest BCUT2D eigenvalue weighted by Crippen LogP contribution is -2.45. The van der Waals surface area contributed by atoms with E-state index in [0.29, 0.717) is 6.04 Å². The van der Waals surface area contributed by atoms with Gasteiger partial charge in [0.2, 0.25) is 0 Å². The van der Waals surface area contributed by atoms with Crippen molar-refractivity contribution < 1.29 is 9.47 Å². The van der Waals surface area contributed by atoms with E-state index in [2.05, 4.69) is 20.4 Å². The van der Waals surface area contributed by atoms with Crippen LogP contribution < -0.4 is 19.7 Å². The number of aromatic nitrogens is 2. The third kappa shape index (κ3) is 3.94. The minimum atomic E-state index is 0.424. The summed E-state index contributed by atoms with van der Waals surface area (Å²) >= 11 is 0. The Morgan fingerprint density at radius 2 is 2.17 bits per heavy atom. The highest BCUT2D eigenvalue weighted by atomic mass is 16.5. The molecule has 1 atom stereocenters. The van der Waals surface area contributed by atoms with Gasteiger partial charge in [-0.2, -0.15) is 5.10 Å². The molecule has 0 radical (unpaired) electrons. The Balaban J connectivity index is 1.60. The molecule has 1 aliphatic heterocycles. The molecule has 1 saturated heterocycles. The molecule has 0 saturated carbocycles. The standard InChI is InChI=1S/C18H24N4O2/c1-23-16-8-7-14(17(11-16)24-2)12-19-15-5-4-10-22(13-15)18-6-3-9-20-21-18/h3,6-9,11,15,19H,4-5,10,12-13H2,1-2H3/t15-/m1/s1. The second-order valence-electron chi connectivity index (χ2n) is 5.93. The molecule has 0 aliphatic carbocycles. The maximum Gasteiger partial charge on any atom is 0.151 e. The van der Waals surface area contributed by atoms with Gasteiger partial charge in [0.25, 0.3) is 0 Å². The van der Waals surface area contributed by atoms with Gasteiger partial charge in [-0.15, -0.1) is 5.10 Å². The zero-order valence-corrected chi connectivity index (χ0v) is 14.2. The molecule has 0 amide bonds. The van der Waals surface area contributed by atoms with E-state index in [-0.39, 0.29) is 0 Å². The average molecular weight is 328 g/mol. The summed E-state index contributed by atoms with van der Waals surface area (Å²) in [4.78, 5) is 2.29. The predicted molar refractivity (Wildman–Crippen MR) is 93.7 cm³/mol. The molecule has 1 N–H and O–H groups in total. The van der Waals surface area contributed by atoms with E-state index in [1.807, 2.05) is 30.3 Å². The number of methoxy groups -OCH3 is 2. The Hall–Kier alpha value is -2.34. The van der Waals surface area contributed by atoms with Crippen molar-refractivity contribution in [2.45, 2.75) is 25.4 Å². The first-order valence-corrected chi connectivity index (χ1v) is 8.27. The van der Waals surface area contributed by atoms with Gasteiger partial charge in [0, 0.05) is 43.5 Å². The molecule has 6 nitrogen and oxygen atoms in total. The molecule has 1 aromatic carbocycles. The Labute approximate surface area is 142 Å². The second kappa shape index (κ2) is 7.97. The number of piperidine rings is 1. The molecule has 24 heavy (non-hydrogen) atoms. The minimum Gasteiger partial charge on any atom is -0.497 e. The van der Waals surface area contributed by atoms with Crippen molar-refractivity contribution in [2.75, 3.05) is 32.2 Å². The molecule has 1 aromatic heterocycles. The molecule has 6 heteroatoms. The topological polar surface area (TPSA) is 59.5 Å². The number of nitrogens with zero attached hydrogens (tertiary/aromatic N) is 3. The van der Waals surface area contributed by atoms with Crippen LogP contribution in [0.5, 0.6) is 11.5 Å². The SMILES string of the molecule is COc1ccc(CN[C@@H]2CCCN(c3cccnn3)C2)c(OC)c1. The monoisotopic (exact) mass is 328 g/mol. The van der Waals surface area contributed by atoms with Crippen LogP contribution in [0.15, 0.2) is 36.5 Å². The maximum absolute atomic E-state index is 5.47. The maximum atomic E-state index is 5.47. The van der Waals surface area contributed by atoms with E-state index in [1.54, 1.807) is 20.4 Å². The van der Waals surface area contributed by atoms with Gasteiger partial charge in [-0.1, -0.05) is 6.07 Å². The lowest BCUT2D eigenvalue weighted by atomic mass is 10.0. The van der Waals surface area contributed by atoms with Crippen LogP contribution in [-0.4, -0.2) is 43.5 Å². The largest absolute Gasteiger partial charge is 0.497 e. The number of anilines is 1. The number of benzene rings is 1. The van der Waals surface area contributed by atoms with Crippen LogP contribution in [0.3, 0.4) is 0 Å². The fourth-order valence-corrected chi connectivity index (χ4v) is 3.07. The predicted octanol–water partition coefficient (Wildman–Crippen LogP) is 2.25. The molecule has 128 valence electrons. The Bertz CT molecular complexity index is 651. The van der Waals surface area contributed by atoms with Crippen LogP contribution in [0.25, 0.3) is 0 Å². The first-order chi connectivity index (χ1) is 11.8. The van der Waals surface area contributed by atoms with E-state index < -0.39 is 0 Å². The van der Waals surface area contributed by atoms with Crippen molar-refractivity contribution in [3.05, 3.63) is 42.1 Å². The van der Waals surface area contributed by atoms with E-state index in [4.69, 9.17) is 9.47 Å². The highest BCUT2D eigenvalue weighted by molar-refractivity contribution is 5.41. The molecule has 0 spiro atoms. The highest BCUT2D eigenvalue weighted by Crippen LogP contribution is 2.25. The van der Waals surface area contributed by atoms with Crippen LogP contribution in [0.4, 0.5) is 5.82 Å². The third-order valence-corrected chi connectivity index (χ3v) is 4.38. The molecule has 3 rings (SSSR count). The van der Waals surface area contributed by atoms with Gasteiger partial charge in [-0.25, -0.2) is 0 Å². The third-order valence-electron chi connectivity index (χ3n) is 4.38. The lowest BCUT2D eigenvalue weighted by Gasteiger charge is -2.33. The Kier molecular flexibility index (Phi) is 5.48. The zero-order chi connectivity index (χ0) is 16.8. The molecule has 0 bridgehead atoms. The first kappa shape index (κ1) is 16.5. The van der Waals surface area contributed by atoms with E-state index >= 15 is 0 Å². The van der Waals surface area contributed by atoms with Crippen LogP contribution in [0.1, 0.15) is 18.4 Å². The zero-order valence-electron chi connectivity index (χ0n) is 14.2. The number of nitrogens with one attached hydrogen (secondary N) is 1. The summed E-state index contributed by atoms with van der Waals surface area (Å²) in [5.41, 5.74) is 1.13. The number of hydrogen-bond acceptors (Lipinski definition) is 6. The van der Waals surface area contributed by atoms with Crippen LogP contribution in [-0.2, 0) is 6.54 Å². The van der Waals surface area contributed by atoms with Crippen LogP contribution in [0, 0.1) is 0 Å². The fraction of sp³-hybridized carbons (Fsp3) is 0.444. The molecular weight excluding hydrogens is 304 g/mol. The average Bonchev–Trinajstić information content (AvgIpc) is 2.67. The Morgan fingerprint density at radius 1 is 1.25 bits per heavy atom. The number of hydrogen-bond donors (Lipinski definition) is 1. The highest BCUT2D eigenvalue weighted by Gasteiger charge is 2.21. The lowest BCUT2D eigenvalue weighted by molar-refractivity contribution is 0.383. The van der Waals surface area contributed by atoms with Crippen molar-refractivity contribution in [3.63, 3.8) is 0 Å². The molecule has 0 unspecified atom stereocenters. The van der Waals surface area contributed by atoms with Crippen LogP contribution >= 0.6 is 0 Å². The van der Waals surface area contributed by atoms with Crippen LogP contribution in [0.2, 0.25) is 0 Å². The van der Waals surface area contributed by atoms with Gasteiger partial charge < -0.3 is 19.7 Å². The van der Waals surface area contributed by atoms with Crippen molar-refractivity contribution in [1.29, 1.82) is 0 Å². The summed E-state index contributed by atoms with van der Waals surface area (Å²) in [6, 6.07) is 10.3. The second-order valence-corrected chi connectivity index (χ2v) is 5.93. The van der Waals surface area contributed by atoms with Crippen molar-refractivity contribution in [3.8, 4) is 11.5 Å². The quantitative estimate of drug-likeness (QED) is 0.878. The first-order valence-electron chi connectivity index (χ1n) is 8.27. The molecule has 1 fully saturated rings. The fourth-order valence-electron chi connectivity index (χ4n) is 3.07. The number of rotatable bonds is 6. The summed E-state index contributed by atoms with van der Waals surface area (Å²) < 4.78 is 10.7. The van der Waals surface area contributed by atoms with Crippen molar-refractivity contribution in [1.82, 2.24) is 15.5 Å². The molecule has 1 aliphatic rings. The summed E-state index contributed by atoms with van der Waals surface area (Å²) in [5.74, 6) is 2.61. The smallest absolute Gasteiger partial charge is 0.151 e. The molecule has 2 aromatic rings. The Morgan fingerprint density at radius 3 is 2.92 bits per heavy atom. The molecule has 2 heterocycles.